The SMILES string of the molecule is c1cnn(C2CN(Cc3nc4c(o3)CCC4)C2)c1. The Morgan fingerprint density at radius 3 is 3.06 bits per heavy atom. The quantitative estimate of drug-likeness (QED) is 0.819. The second-order valence-electron chi connectivity index (χ2n) is 5.17. The van der Waals surface area contributed by atoms with Crippen molar-refractivity contribution in [2.45, 2.75) is 31.8 Å². The lowest BCUT2D eigenvalue weighted by atomic mass is 10.1. The maximum atomic E-state index is 5.78. The van der Waals surface area contributed by atoms with Crippen molar-refractivity contribution in [2.75, 3.05) is 13.1 Å². The summed E-state index contributed by atoms with van der Waals surface area (Å²) in [6.07, 6.45) is 7.22. The Kier molecular flexibility index (Phi) is 2.26. The fraction of sp³-hybridized carbons (Fsp3) is 0.538. The van der Waals surface area contributed by atoms with Gasteiger partial charge in [0.25, 0.3) is 0 Å². The van der Waals surface area contributed by atoms with Gasteiger partial charge in [0.05, 0.1) is 18.3 Å². The van der Waals surface area contributed by atoms with Crippen LogP contribution in [0.1, 0.15) is 29.8 Å². The molecule has 94 valence electrons. The summed E-state index contributed by atoms with van der Waals surface area (Å²) in [7, 11) is 0. The molecule has 2 aromatic rings. The minimum absolute atomic E-state index is 0.516. The van der Waals surface area contributed by atoms with E-state index < -0.39 is 0 Å². The number of rotatable bonds is 3. The van der Waals surface area contributed by atoms with Crippen LogP contribution in [0.5, 0.6) is 0 Å². The lowest BCUT2D eigenvalue weighted by Gasteiger charge is -2.38. The van der Waals surface area contributed by atoms with Gasteiger partial charge in [0.2, 0.25) is 5.89 Å². The molecule has 0 saturated carbocycles. The summed E-state index contributed by atoms with van der Waals surface area (Å²) in [5, 5.41) is 4.27. The highest BCUT2D eigenvalue weighted by molar-refractivity contribution is 5.15. The molecule has 2 aliphatic rings. The van der Waals surface area contributed by atoms with Gasteiger partial charge in [-0.1, -0.05) is 0 Å². The van der Waals surface area contributed by atoms with Crippen molar-refractivity contribution in [3.63, 3.8) is 0 Å². The van der Waals surface area contributed by atoms with Crippen LogP contribution in [0.25, 0.3) is 0 Å². The second kappa shape index (κ2) is 3.95. The van der Waals surface area contributed by atoms with Gasteiger partial charge in [-0.05, 0) is 18.9 Å². The van der Waals surface area contributed by atoms with E-state index in [0.29, 0.717) is 6.04 Å². The van der Waals surface area contributed by atoms with Gasteiger partial charge < -0.3 is 4.42 Å². The molecule has 0 unspecified atom stereocenters. The zero-order valence-electron chi connectivity index (χ0n) is 10.2. The number of likely N-dealkylation sites (tertiary alicyclic amines) is 1. The fourth-order valence-electron chi connectivity index (χ4n) is 2.84. The van der Waals surface area contributed by atoms with Crippen LogP contribution in [0.4, 0.5) is 0 Å². The van der Waals surface area contributed by atoms with E-state index in [1.165, 1.54) is 12.1 Å². The number of aromatic nitrogens is 3. The van der Waals surface area contributed by atoms with E-state index in [4.69, 9.17) is 4.42 Å². The first-order chi connectivity index (χ1) is 8.88. The van der Waals surface area contributed by atoms with Crippen LogP contribution in [0.2, 0.25) is 0 Å². The van der Waals surface area contributed by atoms with Crippen LogP contribution in [0, 0.1) is 0 Å². The predicted octanol–water partition coefficient (Wildman–Crippen LogP) is 1.42. The molecule has 2 aromatic heterocycles. The molecule has 1 saturated heterocycles. The van der Waals surface area contributed by atoms with E-state index in [0.717, 1.165) is 44.1 Å². The van der Waals surface area contributed by atoms with Crippen LogP contribution in [-0.2, 0) is 19.4 Å². The van der Waals surface area contributed by atoms with E-state index in [9.17, 15) is 0 Å². The number of hydrogen-bond acceptors (Lipinski definition) is 4. The molecule has 0 N–H and O–H groups in total. The second-order valence-corrected chi connectivity index (χ2v) is 5.17. The monoisotopic (exact) mass is 244 g/mol. The summed E-state index contributed by atoms with van der Waals surface area (Å²) in [6, 6.07) is 2.49. The van der Waals surface area contributed by atoms with Gasteiger partial charge in [-0.15, -0.1) is 0 Å². The van der Waals surface area contributed by atoms with Crippen molar-refractivity contribution in [3.05, 3.63) is 35.8 Å². The molecule has 1 aliphatic heterocycles. The Morgan fingerprint density at radius 2 is 2.28 bits per heavy atom. The van der Waals surface area contributed by atoms with Crippen LogP contribution in [0.3, 0.4) is 0 Å². The van der Waals surface area contributed by atoms with Gasteiger partial charge in [0.1, 0.15) is 5.76 Å². The molecule has 0 amide bonds. The molecule has 0 radical (unpaired) electrons. The van der Waals surface area contributed by atoms with Gasteiger partial charge in [-0.2, -0.15) is 5.10 Å². The fourth-order valence-corrected chi connectivity index (χ4v) is 2.84. The molecule has 1 aliphatic carbocycles. The highest BCUT2D eigenvalue weighted by Crippen LogP contribution is 2.26. The van der Waals surface area contributed by atoms with Crippen molar-refractivity contribution in [2.24, 2.45) is 0 Å². The highest BCUT2D eigenvalue weighted by atomic mass is 16.4. The molecule has 0 aromatic carbocycles. The Morgan fingerprint density at radius 1 is 1.33 bits per heavy atom. The first-order valence-electron chi connectivity index (χ1n) is 6.57. The number of hydrogen-bond donors (Lipinski definition) is 0. The van der Waals surface area contributed by atoms with E-state index in [2.05, 4.69) is 15.0 Å². The minimum atomic E-state index is 0.516. The first-order valence-corrected chi connectivity index (χ1v) is 6.57. The lowest BCUT2D eigenvalue weighted by molar-refractivity contribution is 0.0810. The van der Waals surface area contributed by atoms with Crippen molar-refractivity contribution in [1.82, 2.24) is 19.7 Å². The summed E-state index contributed by atoms with van der Waals surface area (Å²) in [6.45, 7) is 2.91. The molecule has 4 rings (SSSR count). The number of oxazole rings is 1. The van der Waals surface area contributed by atoms with Gasteiger partial charge in [0.15, 0.2) is 0 Å². The zero-order chi connectivity index (χ0) is 11.9. The lowest BCUT2D eigenvalue weighted by Crippen LogP contribution is -2.47. The van der Waals surface area contributed by atoms with Crippen LogP contribution in [-0.4, -0.2) is 32.8 Å². The summed E-state index contributed by atoms with van der Waals surface area (Å²) in [5.74, 6) is 2.01. The van der Waals surface area contributed by atoms with E-state index in [1.54, 1.807) is 0 Å². The standard InChI is InChI=1S/C13H16N4O/c1-3-11-12(4-1)18-13(15-11)9-16-7-10(8-16)17-6-2-5-14-17/h2,5-6,10H,1,3-4,7-9H2. The van der Waals surface area contributed by atoms with Gasteiger partial charge in [-0.25, -0.2) is 4.98 Å². The first kappa shape index (κ1) is 10.3. The molecular formula is C13H16N4O. The van der Waals surface area contributed by atoms with Gasteiger partial charge >= 0.3 is 0 Å². The summed E-state index contributed by atoms with van der Waals surface area (Å²) in [4.78, 5) is 6.92. The number of nitrogens with zero attached hydrogens (tertiary/aromatic N) is 4. The maximum absolute atomic E-state index is 5.78. The summed E-state index contributed by atoms with van der Waals surface area (Å²) in [5.41, 5.74) is 1.19. The summed E-state index contributed by atoms with van der Waals surface area (Å²) < 4.78 is 7.82. The number of aryl methyl sites for hydroxylation is 2. The third-order valence-electron chi connectivity index (χ3n) is 3.84. The third-order valence-corrected chi connectivity index (χ3v) is 3.84. The van der Waals surface area contributed by atoms with E-state index in [-0.39, 0.29) is 0 Å². The zero-order valence-corrected chi connectivity index (χ0v) is 10.2. The molecule has 3 heterocycles. The molecule has 5 heteroatoms. The van der Waals surface area contributed by atoms with E-state index >= 15 is 0 Å². The molecule has 18 heavy (non-hydrogen) atoms. The van der Waals surface area contributed by atoms with Crippen LogP contribution in [0.15, 0.2) is 22.9 Å². The largest absolute Gasteiger partial charge is 0.444 e. The molecule has 5 nitrogen and oxygen atoms in total. The maximum Gasteiger partial charge on any atom is 0.208 e. The summed E-state index contributed by atoms with van der Waals surface area (Å²) >= 11 is 0. The minimum Gasteiger partial charge on any atom is -0.444 e. The van der Waals surface area contributed by atoms with E-state index in [1.807, 2.05) is 23.1 Å². The topological polar surface area (TPSA) is 47.1 Å². The van der Waals surface area contributed by atoms with Crippen LogP contribution >= 0.6 is 0 Å². The van der Waals surface area contributed by atoms with Crippen molar-refractivity contribution in [1.29, 1.82) is 0 Å². The molecular weight excluding hydrogens is 228 g/mol. The van der Waals surface area contributed by atoms with Gasteiger partial charge in [0, 0.05) is 31.9 Å². The molecule has 0 spiro atoms. The Hall–Kier alpha value is -1.62. The van der Waals surface area contributed by atoms with Crippen molar-refractivity contribution in [3.8, 4) is 0 Å². The highest BCUT2D eigenvalue weighted by Gasteiger charge is 2.30. The molecule has 1 fully saturated rings. The van der Waals surface area contributed by atoms with Crippen molar-refractivity contribution >= 4 is 0 Å². The Balaban J connectivity index is 1.37. The molecule has 0 atom stereocenters. The van der Waals surface area contributed by atoms with Gasteiger partial charge in [-0.3, -0.25) is 9.58 Å². The normalized spacial score (nSPS) is 20.0. The average Bonchev–Trinajstić information content (AvgIpc) is 2.98. The van der Waals surface area contributed by atoms with Crippen LogP contribution < -0.4 is 0 Å². The Bertz CT molecular complexity index is 518. The van der Waals surface area contributed by atoms with Crippen molar-refractivity contribution < 1.29 is 4.42 Å². The average molecular weight is 244 g/mol. The Labute approximate surface area is 105 Å². The smallest absolute Gasteiger partial charge is 0.208 e. The third kappa shape index (κ3) is 1.66. The number of fused-ring (bicyclic) bond motifs is 1. The molecule has 0 bridgehead atoms. The predicted molar refractivity (Wildman–Crippen MR) is 65.1 cm³/mol.